The topological polar surface area (TPSA) is 150 Å². The van der Waals surface area contributed by atoms with E-state index >= 15 is 0 Å². The fraction of sp³-hybridized carbons (Fsp3) is 0.0233. The maximum atomic E-state index is 6.36. The lowest BCUT2D eigenvalue weighted by Crippen LogP contribution is -2.14. The van der Waals surface area contributed by atoms with Crippen molar-refractivity contribution >= 4 is 175 Å². The van der Waals surface area contributed by atoms with E-state index in [0.29, 0.717) is 34.6 Å². The molecule has 0 N–H and O–H groups in total. The summed E-state index contributed by atoms with van der Waals surface area (Å²) in [6.07, 6.45) is 0. The van der Waals surface area contributed by atoms with Crippen LogP contribution >= 0.6 is 0 Å². The number of benzene rings is 19. The summed E-state index contributed by atoms with van der Waals surface area (Å²) < 4.78 is 34.8. The van der Waals surface area contributed by atoms with Gasteiger partial charge in [-0.25, -0.2) is 15.0 Å². The Kier molecular flexibility index (Phi) is 18.1. The molecule has 30 aromatic rings. The van der Waals surface area contributed by atoms with Gasteiger partial charge in [-0.3, -0.25) is 0 Å². The van der Waals surface area contributed by atoms with Crippen molar-refractivity contribution in [1.82, 2.24) is 48.2 Å². The fourth-order valence-electron chi connectivity index (χ4n) is 22.5. The average Bonchev–Trinajstić information content (AvgIpc) is 1.55. The van der Waals surface area contributed by atoms with Crippen molar-refractivity contribution in [2.24, 2.45) is 0 Å². The summed E-state index contributed by atoms with van der Waals surface area (Å²) in [5.41, 5.74) is 33.1. The highest BCUT2D eigenvalue weighted by Crippen LogP contribution is 2.53. The van der Waals surface area contributed by atoms with Crippen LogP contribution in [0.4, 0.5) is 0 Å². The number of nitrogens with zero attached hydrogens (tertiary/aromatic N) is 10. The molecule has 1 aliphatic carbocycles. The van der Waals surface area contributed by atoms with Crippen LogP contribution in [0.2, 0.25) is 0 Å². The van der Waals surface area contributed by atoms with E-state index in [1.165, 1.54) is 76.6 Å². The van der Waals surface area contributed by atoms with E-state index in [9.17, 15) is 0 Å². The van der Waals surface area contributed by atoms with Gasteiger partial charge in [0.25, 0.3) is 0 Å². The van der Waals surface area contributed by atoms with Crippen molar-refractivity contribution in [3.05, 3.63) is 460 Å². The van der Waals surface area contributed by atoms with Crippen LogP contribution in [-0.4, -0.2) is 48.2 Å². The Bertz CT molecular complexity index is 10500. The minimum Gasteiger partial charge on any atom is -0.456 e. The molecule has 1 aliphatic rings. The third-order valence-corrected chi connectivity index (χ3v) is 29.0. The predicted molar refractivity (Wildman–Crippen MR) is 583 cm³/mol. The first-order valence-corrected chi connectivity index (χ1v) is 48.3. The first-order chi connectivity index (χ1) is 70.7. The highest BCUT2D eigenvalue weighted by atomic mass is 16.3. The van der Waals surface area contributed by atoms with Crippen LogP contribution in [0.5, 0.6) is 0 Å². The minimum atomic E-state index is -0.0632. The first kappa shape index (κ1) is 81.0. The van der Waals surface area contributed by atoms with Gasteiger partial charge in [0.2, 0.25) is 17.1 Å². The quantitative estimate of drug-likeness (QED) is 0.129. The Labute approximate surface area is 816 Å². The number of hydrogen-bond acceptors (Lipinski definition) is 10. The lowest BCUT2D eigenvalue weighted by atomic mass is 9.82. The van der Waals surface area contributed by atoms with E-state index in [1.807, 2.05) is 127 Å². The standard InChI is InChI=1S/C46H28N4O.C43H29N3O.C40H23N3O2/c1-3-14-29(15-4-1)44-43-35-22-9-12-25-42(35)51-46(43)48-45(47-44)30-16-13-19-32(26-30)50-39-24-11-8-21-34(39)37-27-40-36(28-41(37)50)33-20-7-10-23-38(33)49(40)31-17-5-2-6-18-31;1-43(2)34-20-9-6-17-29(34)32-25-37-33(24-35(32)43)30-18-7-10-21-36(30)46(37)28-16-12-15-27(23-28)41-44-40(26-13-4-3-5-14-26)39-31-19-8-11-22-38(31)47-42(39)45-41;1-2-12-24(13-3-1)38-37-28-17-7-11-21-35(28)45-40(37)42-39(41-38)27-16-5-9-19-32(27)43-31-18-8-4-14-25(31)29-23-36-30(22-33(29)43)26-15-6-10-20-34(26)44-36/h1-28H;3-25H,1-2H3;1-23H. The summed E-state index contributed by atoms with van der Waals surface area (Å²) in [5.74, 6) is 1.86. The van der Waals surface area contributed by atoms with Crippen LogP contribution in [-0.2, 0) is 5.41 Å². The van der Waals surface area contributed by atoms with Crippen molar-refractivity contribution in [2.75, 3.05) is 0 Å². The van der Waals surface area contributed by atoms with E-state index < -0.39 is 0 Å². The Morgan fingerprint density at radius 2 is 0.517 bits per heavy atom. The molecular formula is C129H80N10O4. The molecule has 31 rings (SSSR count). The molecular weight excluding hydrogens is 1750 g/mol. The van der Waals surface area contributed by atoms with E-state index in [0.717, 1.165) is 177 Å². The fourth-order valence-corrected chi connectivity index (χ4v) is 22.5. The molecule has 19 aromatic carbocycles. The van der Waals surface area contributed by atoms with Gasteiger partial charge >= 0.3 is 0 Å². The van der Waals surface area contributed by atoms with Crippen LogP contribution in [0.25, 0.3) is 277 Å². The Hall–Kier alpha value is -19.2. The first-order valence-electron chi connectivity index (χ1n) is 48.3. The van der Waals surface area contributed by atoms with Gasteiger partial charge in [0.1, 0.15) is 27.9 Å². The summed E-state index contributed by atoms with van der Waals surface area (Å²) in [6, 6.07) is 157. The number of aromatic nitrogens is 10. The molecule has 670 valence electrons. The van der Waals surface area contributed by atoms with Gasteiger partial charge in [-0.1, -0.05) is 329 Å². The number of para-hydroxylation sites is 10. The summed E-state index contributed by atoms with van der Waals surface area (Å²) in [6.45, 7) is 4.68. The Balaban J connectivity index is 0.000000102. The van der Waals surface area contributed by atoms with Crippen molar-refractivity contribution < 1.29 is 17.7 Å². The summed E-state index contributed by atoms with van der Waals surface area (Å²) in [5, 5.41) is 17.7. The molecule has 14 nitrogen and oxygen atoms in total. The molecule has 0 fully saturated rings. The van der Waals surface area contributed by atoms with E-state index in [4.69, 9.17) is 47.6 Å². The van der Waals surface area contributed by atoms with Gasteiger partial charge in [0, 0.05) is 126 Å². The van der Waals surface area contributed by atoms with Crippen molar-refractivity contribution in [3.63, 3.8) is 0 Å². The summed E-state index contributed by atoms with van der Waals surface area (Å²) in [7, 11) is 0. The summed E-state index contributed by atoms with van der Waals surface area (Å²) >= 11 is 0. The molecule has 0 unspecified atom stereocenters. The highest BCUT2D eigenvalue weighted by Gasteiger charge is 2.37. The lowest BCUT2D eigenvalue weighted by Gasteiger charge is -2.21. The molecule has 0 saturated heterocycles. The largest absolute Gasteiger partial charge is 0.456 e. The molecule has 0 atom stereocenters. The molecule has 11 aromatic heterocycles. The SMILES string of the molecule is CC1(C)c2ccccc2-c2cc3c(cc21)c1ccccc1n3-c1cccc(-c2nc(-c3ccccc3)c3c(n2)oc2ccccc23)c1.c1ccc(-c2nc(-c3cccc(-n4c5ccccc5c5cc6c(cc54)c4ccccc4n6-c4ccccc4)c3)nc3oc4ccccc4c23)cc1.c1ccc(-c2nc(-c3ccccc3-n3c4ccccc4c4cc5oc6ccccc6c5cc43)nc3oc4ccccc4c23)cc1. The van der Waals surface area contributed by atoms with E-state index in [1.54, 1.807) is 0 Å². The van der Waals surface area contributed by atoms with Crippen molar-refractivity contribution in [2.45, 2.75) is 19.3 Å². The molecule has 143 heavy (non-hydrogen) atoms. The van der Waals surface area contributed by atoms with Crippen molar-refractivity contribution in [3.8, 4) is 102 Å². The normalized spacial score (nSPS) is 12.5. The van der Waals surface area contributed by atoms with Gasteiger partial charge in [0.05, 0.1) is 83.1 Å². The van der Waals surface area contributed by atoms with Crippen LogP contribution in [0.1, 0.15) is 25.0 Å². The zero-order valence-corrected chi connectivity index (χ0v) is 77.3. The van der Waals surface area contributed by atoms with Crippen LogP contribution in [0.3, 0.4) is 0 Å². The van der Waals surface area contributed by atoms with Crippen molar-refractivity contribution in [1.29, 1.82) is 0 Å². The second-order valence-electron chi connectivity index (χ2n) is 37.4. The van der Waals surface area contributed by atoms with Gasteiger partial charge < -0.3 is 35.9 Å². The molecule has 0 radical (unpaired) electrons. The highest BCUT2D eigenvalue weighted by molar-refractivity contribution is 6.22. The molecule has 0 amide bonds. The number of furan rings is 4. The molecule has 0 bridgehead atoms. The van der Waals surface area contributed by atoms with Gasteiger partial charge in [-0.15, -0.1) is 0 Å². The molecule has 0 saturated carbocycles. The molecule has 0 spiro atoms. The molecule has 0 aliphatic heterocycles. The minimum absolute atomic E-state index is 0.0632. The summed E-state index contributed by atoms with van der Waals surface area (Å²) in [4.78, 5) is 30.9. The van der Waals surface area contributed by atoms with Gasteiger partial charge in [-0.2, -0.15) is 15.0 Å². The smallest absolute Gasteiger partial charge is 0.231 e. The number of fused-ring (bicyclic) bond motifs is 27. The molecule has 14 heteroatoms. The Morgan fingerprint density at radius 3 is 1.00 bits per heavy atom. The molecule has 11 heterocycles. The van der Waals surface area contributed by atoms with Crippen LogP contribution in [0, 0.1) is 0 Å². The van der Waals surface area contributed by atoms with Crippen LogP contribution in [0.15, 0.2) is 467 Å². The average molecular weight is 1830 g/mol. The predicted octanol–water partition coefficient (Wildman–Crippen LogP) is 33.7. The lowest BCUT2D eigenvalue weighted by molar-refractivity contribution is 0.653. The van der Waals surface area contributed by atoms with Gasteiger partial charge in [0.15, 0.2) is 17.5 Å². The second-order valence-corrected chi connectivity index (χ2v) is 37.4. The zero-order chi connectivity index (χ0) is 94.2. The third kappa shape index (κ3) is 12.8. The Morgan fingerprint density at radius 1 is 0.189 bits per heavy atom. The third-order valence-electron chi connectivity index (χ3n) is 29.0. The van der Waals surface area contributed by atoms with Crippen LogP contribution < -0.4 is 0 Å². The maximum Gasteiger partial charge on any atom is 0.231 e. The van der Waals surface area contributed by atoms with Gasteiger partial charge in [-0.05, 0) is 156 Å². The zero-order valence-electron chi connectivity index (χ0n) is 77.3. The number of rotatable bonds is 10. The maximum absolute atomic E-state index is 6.36. The second kappa shape index (κ2) is 32.0. The van der Waals surface area contributed by atoms with E-state index in [2.05, 4.69) is 354 Å². The number of hydrogen-bond donors (Lipinski definition) is 0. The van der Waals surface area contributed by atoms with E-state index in [-0.39, 0.29) is 5.41 Å². The monoisotopic (exact) mass is 1830 g/mol.